The quantitative estimate of drug-likeness (QED) is 0.521. The minimum Gasteiger partial charge on any atom is -0.464 e. The molecular weight excluding hydrogens is 308 g/mol. The van der Waals surface area contributed by atoms with E-state index in [1.807, 2.05) is 97.1 Å². The van der Waals surface area contributed by atoms with Crippen LogP contribution >= 0.6 is 0 Å². The first-order valence-electron chi connectivity index (χ1n) is 8.27. The van der Waals surface area contributed by atoms with Gasteiger partial charge in [0, 0.05) is 11.1 Å². The summed E-state index contributed by atoms with van der Waals surface area (Å²) in [5.41, 5.74) is 2.04. The molecule has 0 fully saturated rings. The number of aliphatic hydroxyl groups is 1. The van der Waals surface area contributed by atoms with Crippen LogP contribution in [0.5, 0.6) is 0 Å². The fraction of sp³-hybridized carbons (Fsp3) is 0.0435. The number of furan rings is 1. The van der Waals surface area contributed by atoms with Gasteiger partial charge in [0.1, 0.15) is 11.4 Å². The van der Waals surface area contributed by atoms with Crippen LogP contribution < -0.4 is 0 Å². The molecule has 1 heterocycles. The predicted octanol–water partition coefficient (Wildman–Crippen LogP) is 5.23. The lowest BCUT2D eigenvalue weighted by molar-refractivity contribution is 0.126. The first-order valence-corrected chi connectivity index (χ1v) is 8.27. The van der Waals surface area contributed by atoms with Gasteiger partial charge in [0.15, 0.2) is 0 Å². The van der Waals surface area contributed by atoms with Crippen LogP contribution in [0.15, 0.2) is 108 Å². The molecule has 0 aliphatic heterocycles. The molecule has 0 saturated heterocycles. The maximum Gasteiger partial charge on any atom is 0.141 e. The molecule has 0 saturated carbocycles. The number of hydrogen-bond acceptors (Lipinski definition) is 2. The third kappa shape index (κ3) is 2.67. The summed E-state index contributed by atoms with van der Waals surface area (Å²) in [5, 5.41) is 12.0. The van der Waals surface area contributed by atoms with Crippen molar-refractivity contribution in [1.29, 1.82) is 0 Å². The molecule has 3 aromatic carbocycles. The standard InChI is InChI=1S/C23H18O2/c24-23(18-10-3-1-4-11-18,19-12-5-2-6-13-19)21-15-8-7-14-20(21)22-16-9-17-25-22/h1-17,24H. The SMILES string of the molecule is OC(c1ccccc1)(c1ccccc1)c1ccccc1-c1ccco1. The van der Waals surface area contributed by atoms with Gasteiger partial charge in [0.2, 0.25) is 0 Å². The number of hydrogen-bond donors (Lipinski definition) is 1. The first-order chi connectivity index (χ1) is 12.3. The molecule has 0 spiro atoms. The van der Waals surface area contributed by atoms with Crippen LogP contribution in [0.1, 0.15) is 16.7 Å². The van der Waals surface area contributed by atoms with Gasteiger partial charge < -0.3 is 9.52 Å². The molecule has 4 aromatic rings. The van der Waals surface area contributed by atoms with Gasteiger partial charge in [-0.2, -0.15) is 0 Å². The lowest BCUT2D eigenvalue weighted by atomic mass is 9.78. The Kier molecular flexibility index (Phi) is 3.96. The molecule has 0 unspecified atom stereocenters. The maximum atomic E-state index is 12.0. The summed E-state index contributed by atoms with van der Waals surface area (Å²) in [6.07, 6.45) is 1.65. The highest BCUT2D eigenvalue weighted by Crippen LogP contribution is 2.41. The van der Waals surface area contributed by atoms with E-state index in [1.165, 1.54) is 0 Å². The second-order valence-corrected chi connectivity index (χ2v) is 5.97. The highest BCUT2D eigenvalue weighted by molar-refractivity contribution is 5.67. The molecule has 2 nitrogen and oxygen atoms in total. The summed E-state index contributed by atoms with van der Waals surface area (Å²) in [6.45, 7) is 0. The first kappa shape index (κ1) is 15.4. The second kappa shape index (κ2) is 6.42. The Bertz CT molecular complexity index is 902. The Morgan fingerprint density at radius 2 is 1.16 bits per heavy atom. The van der Waals surface area contributed by atoms with Gasteiger partial charge in [-0.05, 0) is 23.3 Å². The van der Waals surface area contributed by atoms with Gasteiger partial charge in [0.25, 0.3) is 0 Å². The van der Waals surface area contributed by atoms with Crippen LogP contribution in [0.25, 0.3) is 11.3 Å². The Balaban J connectivity index is 2.01. The maximum absolute atomic E-state index is 12.0. The molecule has 0 bridgehead atoms. The molecule has 0 radical (unpaired) electrons. The average Bonchev–Trinajstić information content (AvgIpc) is 3.23. The third-order valence-electron chi connectivity index (χ3n) is 4.49. The Labute approximate surface area is 147 Å². The largest absolute Gasteiger partial charge is 0.464 e. The zero-order valence-corrected chi connectivity index (χ0v) is 13.7. The molecule has 1 aromatic heterocycles. The van der Waals surface area contributed by atoms with E-state index in [2.05, 4.69) is 0 Å². The van der Waals surface area contributed by atoms with E-state index in [0.717, 1.165) is 28.0 Å². The zero-order chi connectivity index (χ0) is 17.1. The van der Waals surface area contributed by atoms with Gasteiger partial charge in [-0.3, -0.25) is 0 Å². The van der Waals surface area contributed by atoms with E-state index in [-0.39, 0.29) is 0 Å². The summed E-state index contributed by atoms with van der Waals surface area (Å²) in [7, 11) is 0. The van der Waals surface area contributed by atoms with E-state index in [4.69, 9.17) is 4.42 Å². The summed E-state index contributed by atoms with van der Waals surface area (Å²) >= 11 is 0. The molecule has 25 heavy (non-hydrogen) atoms. The van der Waals surface area contributed by atoms with E-state index in [9.17, 15) is 5.11 Å². The second-order valence-electron chi connectivity index (χ2n) is 5.97. The summed E-state index contributed by atoms with van der Waals surface area (Å²) in [5.74, 6) is 0.737. The van der Waals surface area contributed by atoms with Crippen molar-refractivity contribution in [1.82, 2.24) is 0 Å². The highest BCUT2D eigenvalue weighted by Gasteiger charge is 2.36. The summed E-state index contributed by atoms with van der Waals surface area (Å²) in [4.78, 5) is 0. The minimum absolute atomic E-state index is 0.737. The summed E-state index contributed by atoms with van der Waals surface area (Å²) in [6, 6.07) is 31.1. The van der Waals surface area contributed by atoms with Crippen LogP contribution in [-0.2, 0) is 5.60 Å². The Hall–Kier alpha value is -3.10. The monoisotopic (exact) mass is 326 g/mol. The van der Waals surface area contributed by atoms with Gasteiger partial charge in [-0.15, -0.1) is 0 Å². The van der Waals surface area contributed by atoms with Gasteiger partial charge in [0.05, 0.1) is 6.26 Å². The Morgan fingerprint density at radius 1 is 0.600 bits per heavy atom. The predicted molar refractivity (Wildman–Crippen MR) is 99.1 cm³/mol. The molecule has 0 aliphatic rings. The molecule has 1 N–H and O–H groups in total. The van der Waals surface area contributed by atoms with E-state index < -0.39 is 5.60 Å². The van der Waals surface area contributed by atoms with Crippen molar-refractivity contribution < 1.29 is 9.52 Å². The molecule has 0 amide bonds. The fourth-order valence-corrected chi connectivity index (χ4v) is 3.28. The fourth-order valence-electron chi connectivity index (χ4n) is 3.28. The third-order valence-corrected chi connectivity index (χ3v) is 4.49. The van der Waals surface area contributed by atoms with Gasteiger partial charge in [-0.1, -0.05) is 84.9 Å². The average molecular weight is 326 g/mol. The van der Waals surface area contributed by atoms with Crippen LogP contribution in [0.2, 0.25) is 0 Å². The van der Waals surface area contributed by atoms with Crippen LogP contribution in [0.3, 0.4) is 0 Å². The Morgan fingerprint density at radius 3 is 1.72 bits per heavy atom. The van der Waals surface area contributed by atoms with Crippen molar-refractivity contribution in [2.45, 2.75) is 5.60 Å². The van der Waals surface area contributed by atoms with Crippen LogP contribution in [-0.4, -0.2) is 5.11 Å². The van der Waals surface area contributed by atoms with Gasteiger partial charge >= 0.3 is 0 Å². The number of benzene rings is 3. The normalized spacial score (nSPS) is 11.4. The van der Waals surface area contributed by atoms with Crippen LogP contribution in [0, 0.1) is 0 Å². The van der Waals surface area contributed by atoms with Crippen LogP contribution in [0.4, 0.5) is 0 Å². The minimum atomic E-state index is -1.27. The van der Waals surface area contributed by atoms with Crippen molar-refractivity contribution in [2.24, 2.45) is 0 Å². The van der Waals surface area contributed by atoms with E-state index in [1.54, 1.807) is 6.26 Å². The molecule has 0 atom stereocenters. The molecule has 4 rings (SSSR count). The highest BCUT2D eigenvalue weighted by atomic mass is 16.3. The van der Waals surface area contributed by atoms with Crippen molar-refractivity contribution in [2.75, 3.05) is 0 Å². The van der Waals surface area contributed by atoms with Crippen molar-refractivity contribution >= 4 is 0 Å². The molecule has 0 aliphatic carbocycles. The topological polar surface area (TPSA) is 33.4 Å². The zero-order valence-electron chi connectivity index (χ0n) is 13.7. The lowest BCUT2D eigenvalue weighted by Crippen LogP contribution is -2.29. The molecule has 2 heteroatoms. The van der Waals surface area contributed by atoms with E-state index >= 15 is 0 Å². The van der Waals surface area contributed by atoms with E-state index in [0.29, 0.717) is 0 Å². The number of rotatable bonds is 4. The lowest BCUT2D eigenvalue weighted by Gasteiger charge is -2.31. The van der Waals surface area contributed by atoms with Gasteiger partial charge in [-0.25, -0.2) is 0 Å². The van der Waals surface area contributed by atoms with Crippen molar-refractivity contribution in [3.63, 3.8) is 0 Å². The summed E-state index contributed by atoms with van der Waals surface area (Å²) < 4.78 is 5.62. The van der Waals surface area contributed by atoms with Crippen molar-refractivity contribution in [3.05, 3.63) is 120 Å². The smallest absolute Gasteiger partial charge is 0.141 e. The molecular formula is C23H18O2. The van der Waals surface area contributed by atoms with Crippen molar-refractivity contribution in [3.8, 4) is 11.3 Å². The molecule has 122 valence electrons.